The van der Waals surface area contributed by atoms with Crippen molar-refractivity contribution in [2.24, 2.45) is 0 Å². The van der Waals surface area contributed by atoms with Gasteiger partial charge in [0.05, 0.1) is 23.7 Å². The number of carboxylic acid groups (broad SMARTS) is 1. The topological polar surface area (TPSA) is 70.7 Å². The molecule has 16 heavy (non-hydrogen) atoms. The van der Waals surface area contributed by atoms with E-state index >= 15 is 0 Å². The number of nitrogens with zero attached hydrogens (tertiary/aromatic N) is 4. The first-order valence-corrected chi connectivity index (χ1v) is 5.00. The summed E-state index contributed by atoms with van der Waals surface area (Å²) in [6.45, 7) is 1.05. The second-order valence-corrected chi connectivity index (χ2v) is 3.88. The van der Waals surface area contributed by atoms with Crippen molar-refractivity contribution >= 4 is 11.6 Å². The van der Waals surface area contributed by atoms with Crippen LogP contribution in [0.1, 0.15) is 11.6 Å². The molecular weight excluding hydrogens is 208 g/mol. The van der Waals surface area contributed by atoms with Gasteiger partial charge < -0.3 is 14.4 Å². The van der Waals surface area contributed by atoms with Crippen molar-refractivity contribution in [3.8, 4) is 0 Å². The van der Waals surface area contributed by atoms with Crippen LogP contribution in [0, 0.1) is 0 Å². The fourth-order valence-corrected chi connectivity index (χ4v) is 1.98. The molecular formula is C10H10N4O2. The first-order chi connectivity index (χ1) is 7.75. The molecule has 1 aliphatic heterocycles. The van der Waals surface area contributed by atoms with Crippen molar-refractivity contribution in [1.82, 2.24) is 19.3 Å². The fraction of sp³-hybridized carbons (Fsp3) is 0.300. The molecule has 6 nitrogen and oxygen atoms in total. The van der Waals surface area contributed by atoms with Crippen molar-refractivity contribution in [3.05, 3.63) is 30.6 Å². The molecule has 1 amide bonds. The van der Waals surface area contributed by atoms with Crippen LogP contribution in [0.25, 0.3) is 5.52 Å². The van der Waals surface area contributed by atoms with Crippen LogP contribution in [0.4, 0.5) is 4.79 Å². The largest absolute Gasteiger partial charge is 0.465 e. The van der Waals surface area contributed by atoms with Crippen LogP contribution in [-0.4, -0.2) is 43.6 Å². The normalized spacial score (nSPS) is 16.4. The monoisotopic (exact) mass is 218 g/mol. The number of imidazole rings is 1. The number of rotatable bonds is 1. The van der Waals surface area contributed by atoms with E-state index in [0.717, 1.165) is 11.2 Å². The molecule has 0 saturated carbocycles. The molecule has 1 N–H and O–H groups in total. The second-order valence-electron chi connectivity index (χ2n) is 3.88. The van der Waals surface area contributed by atoms with Crippen molar-refractivity contribution in [2.45, 2.75) is 5.92 Å². The molecule has 0 bridgehead atoms. The van der Waals surface area contributed by atoms with Gasteiger partial charge in [-0.1, -0.05) is 0 Å². The molecule has 1 saturated heterocycles. The third kappa shape index (κ3) is 1.23. The summed E-state index contributed by atoms with van der Waals surface area (Å²) in [6.07, 6.45) is 6.15. The number of hydrogen-bond donors (Lipinski definition) is 1. The number of aromatic nitrogens is 3. The molecule has 0 aliphatic carbocycles. The first kappa shape index (κ1) is 9.14. The Hall–Kier alpha value is -2.11. The van der Waals surface area contributed by atoms with Crippen LogP contribution < -0.4 is 0 Å². The number of likely N-dealkylation sites (tertiary alicyclic amines) is 1. The molecule has 1 fully saturated rings. The molecule has 0 radical (unpaired) electrons. The van der Waals surface area contributed by atoms with E-state index in [-0.39, 0.29) is 5.92 Å². The summed E-state index contributed by atoms with van der Waals surface area (Å²) >= 11 is 0. The van der Waals surface area contributed by atoms with Crippen LogP contribution in [0.5, 0.6) is 0 Å². The SMILES string of the molecule is O=C(O)N1CC(c2ncn3ccncc23)C1. The Morgan fingerprint density at radius 2 is 2.31 bits per heavy atom. The van der Waals surface area contributed by atoms with Crippen molar-refractivity contribution in [3.63, 3.8) is 0 Å². The molecule has 0 spiro atoms. The van der Waals surface area contributed by atoms with Gasteiger partial charge in [-0.25, -0.2) is 9.78 Å². The van der Waals surface area contributed by atoms with Gasteiger partial charge in [-0.15, -0.1) is 0 Å². The maximum absolute atomic E-state index is 10.6. The molecule has 82 valence electrons. The lowest BCUT2D eigenvalue weighted by Crippen LogP contribution is -2.47. The van der Waals surface area contributed by atoms with E-state index in [4.69, 9.17) is 5.11 Å². The van der Waals surface area contributed by atoms with Crippen LogP contribution in [0.3, 0.4) is 0 Å². The van der Waals surface area contributed by atoms with Crippen LogP contribution >= 0.6 is 0 Å². The molecule has 3 heterocycles. The lowest BCUT2D eigenvalue weighted by molar-refractivity contribution is 0.105. The van der Waals surface area contributed by atoms with Crippen LogP contribution in [-0.2, 0) is 0 Å². The predicted molar refractivity (Wildman–Crippen MR) is 55.3 cm³/mol. The fourth-order valence-electron chi connectivity index (χ4n) is 1.98. The van der Waals surface area contributed by atoms with Crippen molar-refractivity contribution in [2.75, 3.05) is 13.1 Å². The van der Waals surface area contributed by atoms with E-state index in [0.29, 0.717) is 13.1 Å². The zero-order valence-corrected chi connectivity index (χ0v) is 8.45. The predicted octanol–water partition coefficient (Wildman–Crippen LogP) is 0.806. The molecule has 0 atom stereocenters. The van der Waals surface area contributed by atoms with Gasteiger partial charge >= 0.3 is 6.09 Å². The average Bonchev–Trinajstić information content (AvgIpc) is 2.60. The molecule has 2 aromatic rings. The van der Waals surface area contributed by atoms with Gasteiger partial charge in [0.25, 0.3) is 0 Å². The van der Waals surface area contributed by atoms with Gasteiger partial charge in [0, 0.05) is 31.4 Å². The minimum Gasteiger partial charge on any atom is -0.465 e. The molecule has 2 aromatic heterocycles. The molecule has 0 aromatic carbocycles. The first-order valence-electron chi connectivity index (χ1n) is 5.00. The lowest BCUT2D eigenvalue weighted by Gasteiger charge is -2.36. The van der Waals surface area contributed by atoms with Crippen LogP contribution in [0.15, 0.2) is 24.9 Å². The molecule has 0 unspecified atom stereocenters. The maximum atomic E-state index is 10.6. The maximum Gasteiger partial charge on any atom is 0.407 e. The molecule has 1 aliphatic rings. The summed E-state index contributed by atoms with van der Waals surface area (Å²) in [5.41, 5.74) is 1.89. The average molecular weight is 218 g/mol. The Bertz CT molecular complexity index is 544. The van der Waals surface area contributed by atoms with E-state index in [1.54, 1.807) is 18.7 Å². The summed E-state index contributed by atoms with van der Waals surface area (Å²) in [6, 6.07) is 0. The van der Waals surface area contributed by atoms with Gasteiger partial charge in [0.2, 0.25) is 0 Å². The van der Waals surface area contributed by atoms with E-state index in [9.17, 15) is 4.79 Å². The Balaban J connectivity index is 1.89. The summed E-state index contributed by atoms with van der Waals surface area (Å²) < 4.78 is 1.89. The Morgan fingerprint density at radius 1 is 1.50 bits per heavy atom. The minimum atomic E-state index is -0.863. The smallest absolute Gasteiger partial charge is 0.407 e. The quantitative estimate of drug-likeness (QED) is 0.768. The minimum absolute atomic E-state index is 0.199. The lowest BCUT2D eigenvalue weighted by atomic mass is 9.96. The third-order valence-electron chi connectivity index (χ3n) is 2.91. The van der Waals surface area contributed by atoms with Gasteiger partial charge in [-0.2, -0.15) is 0 Å². The Kier molecular flexibility index (Phi) is 1.82. The highest BCUT2D eigenvalue weighted by atomic mass is 16.4. The number of fused-ring (bicyclic) bond motifs is 1. The Labute approximate surface area is 91.2 Å². The standard InChI is InChI=1S/C10H10N4O2/c15-10(16)14-4-7(5-14)9-8-3-11-1-2-13(8)6-12-9/h1-3,6-7H,4-5H2,(H,15,16). The summed E-state index contributed by atoms with van der Waals surface area (Å²) in [5.74, 6) is 0.199. The Morgan fingerprint density at radius 3 is 3.06 bits per heavy atom. The summed E-state index contributed by atoms with van der Waals surface area (Å²) in [5, 5.41) is 8.75. The third-order valence-corrected chi connectivity index (χ3v) is 2.91. The van der Waals surface area contributed by atoms with Gasteiger partial charge in [0.1, 0.15) is 0 Å². The van der Waals surface area contributed by atoms with Gasteiger partial charge in [0.15, 0.2) is 0 Å². The van der Waals surface area contributed by atoms with Crippen molar-refractivity contribution in [1.29, 1.82) is 0 Å². The van der Waals surface area contributed by atoms with Crippen LogP contribution in [0.2, 0.25) is 0 Å². The van der Waals surface area contributed by atoms with Gasteiger partial charge in [-0.3, -0.25) is 4.98 Å². The second kappa shape index (κ2) is 3.19. The molecule has 6 heteroatoms. The highest BCUT2D eigenvalue weighted by molar-refractivity contribution is 5.67. The highest BCUT2D eigenvalue weighted by Gasteiger charge is 2.33. The zero-order valence-electron chi connectivity index (χ0n) is 8.45. The van der Waals surface area contributed by atoms with E-state index in [1.807, 2.05) is 10.6 Å². The van der Waals surface area contributed by atoms with Gasteiger partial charge in [-0.05, 0) is 0 Å². The van der Waals surface area contributed by atoms with Crippen molar-refractivity contribution < 1.29 is 9.90 Å². The van der Waals surface area contributed by atoms with E-state index in [2.05, 4.69) is 9.97 Å². The van der Waals surface area contributed by atoms with E-state index in [1.165, 1.54) is 4.90 Å². The highest BCUT2D eigenvalue weighted by Crippen LogP contribution is 2.28. The summed E-state index contributed by atoms with van der Waals surface area (Å²) in [4.78, 5) is 20.4. The molecule has 3 rings (SSSR count). The number of amides is 1. The number of hydrogen-bond acceptors (Lipinski definition) is 3. The summed E-state index contributed by atoms with van der Waals surface area (Å²) in [7, 11) is 0. The zero-order chi connectivity index (χ0) is 11.1. The number of carbonyl (C=O) groups is 1. The van der Waals surface area contributed by atoms with E-state index < -0.39 is 6.09 Å².